The Bertz CT molecular complexity index is 572. The Morgan fingerprint density at radius 3 is 2.63 bits per heavy atom. The molecule has 0 unspecified atom stereocenters. The molecule has 1 rings (SSSR count). The molecule has 0 amide bonds. The number of rotatable bonds is 6. The van der Waals surface area contributed by atoms with Crippen LogP contribution in [0.15, 0.2) is 18.2 Å². The van der Waals surface area contributed by atoms with Crippen LogP contribution < -0.4 is 15.2 Å². The summed E-state index contributed by atoms with van der Waals surface area (Å²) in [5, 5.41) is 7.28. The summed E-state index contributed by atoms with van der Waals surface area (Å²) in [7, 11) is -3.82. The molecule has 0 spiro atoms. The van der Waals surface area contributed by atoms with Crippen LogP contribution in [0.4, 0.5) is 10.1 Å². The maximum Gasteiger partial charge on any atom is 0.299 e. The van der Waals surface area contributed by atoms with Gasteiger partial charge in [-0.15, -0.1) is 0 Å². The summed E-state index contributed by atoms with van der Waals surface area (Å²) < 4.78 is 41.5. The highest BCUT2D eigenvalue weighted by molar-refractivity contribution is 7.90. The van der Waals surface area contributed by atoms with E-state index in [2.05, 4.69) is 9.44 Å². The van der Waals surface area contributed by atoms with Crippen molar-refractivity contribution in [2.24, 2.45) is 11.7 Å². The number of nitrogens with one attached hydrogen (secondary N) is 3. The van der Waals surface area contributed by atoms with Crippen molar-refractivity contribution in [3.63, 3.8) is 0 Å². The first-order valence-electron chi connectivity index (χ1n) is 5.63. The first-order chi connectivity index (χ1) is 8.73. The molecule has 0 saturated carbocycles. The summed E-state index contributed by atoms with van der Waals surface area (Å²) in [5.41, 5.74) is 4.91. The molecule has 0 aliphatic carbocycles. The third-order valence-corrected chi connectivity index (χ3v) is 3.24. The highest BCUT2D eigenvalue weighted by atomic mass is 32.2. The molecule has 0 bridgehead atoms. The van der Waals surface area contributed by atoms with Gasteiger partial charge in [0.1, 0.15) is 11.7 Å². The fourth-order valence-electron chi connectivity index (χ4n) is 1.34. The van der Waals surface area contributed by atoms with Gasteiger partial charge in [0.25, 0.3) is 10.2 Å². The monoisotopic (exact) mass is 288 g/mol. The topological polar surface area (TPSA) is 108 Å². The standard InChI is InChI=1S/C11H17FN4O2S/c1-7(2)6-15-19(17,18)16-9-5-3-4-8(12)10(9)11(13)14/h3-5,7,15-16H,6H2,1-2H3,(H3,13,14). The minimum absolute atomic E-state index is 0.0660. The molecule has 8 heteroatoms. The predicted octanol–water partition coefficient (Wildman–Crippen LogP) is 1.01. The highest BCUT2D eigenvalue weighted by Crippen LogP contribution is 2.19. The Labute approximate surface area is 111 Å². The van der Waals surface area contributed by atoms with Crippen LogP contribution >= 0.6 is 0 Å². The molecule has 0 atom stereocenters. The molecule has 19 heavy (non-hydrogen) atoms. The van der Waals surface area contributed by atoms with Crippen LogP contribution in [0.5, 0.6) is 0 Å². The van der Waals surface area contributed by atoms with Crippen molar-refractivity contribution < 1.29 is 12.8 Å². The number of amidine groups is 1. The Hall–Kier alpha value is -1.67. The second-order valence-corrected chi connectivity index (χ2v) is 5.92. The number of hydrogen-bond donors (Lipinski definition) is 4. The molecular formula is C11H17FN4O2S. The number of benzene rings is 1. The summed E-state index contributed by atoms with van der Waals surface area (Å²) in [6.45, 7) is 3.96. The predicted molar refractivity (Wildman–Crippen MR) is 72.8 cm³/mol. The normalized spacial score (nSPS) is 11.6. The van der Waals surface area contributed by atoms with E-state index in [1.54, 1.807) is 0 Å². The Morgan fingerprint density at radius 2 is 2.11 bits per heavy atom. The summed E-state index contributed by atoms with van der Waals surface area (Å²) in [6, 6.07) is 3.78. The quantitative estimate of drug-likeness (QED) is 0.463. The van der Waals surface area contributed by atoms with Gasteiger partial charge in [-0.05, 0) is 18.1 Å². The first-order valence-corrected chi connectivity index (χ1v) is 7.11. The van der Waals surface area contributed by atoms with Crippen LogP contribution in [-0.4, -0.2) is 20.8 Å². The summed E-state index contributed by atoms with van der Waals surface area (Å²) in [6.07, 6.45) is 0. The highest BCUT2D eigenvalue weighted by Gasteiger charge is 2.16. The van der Waals surface area contributed by atoms with E-state index in [1.807, 2.05) is 13.8 Å². The molecule has 0 radical (unpaired) electrons. The molecule has 0 aromatic heterocycles. The van der Waals surface area contributed by atoms with Gasteiger partial charge in [0, 0.05) is 6.54 Å². The van der Waals surface area contributed by atoms with E-state index in [1.165, 1.54) is 12.1 Å². The number of nitrogen functional groups attached to an aromatic ring is 1. The molecule has 0 fully saturated rings. The van der Waals surface area contributed by atoms with Gasteiger partial charge in [-0.1, -0.05) is 19.9 Å². The van der Waals surface area contributed by atoms with Gasteiger partial charge in [0.2, 0.25) is 0 Å². The zero-order valence-electron chi connectivity index (χ0n) is 10.7. The molecule has 0 heterocycles. The number of hydrogen-bond acceptors (Lipinski definition) is 3. The average molecular weight is 288 g/mol. The minimum Gasteiger partial charge on any atom is -0.384 e. The van der Waals surface area contributed by atoms with Gasteiger partial charge in [0.05, 0.1) is 11.3 Å². The van der Waals surface area contributed by atoms with Crippen LogP contribution in [0, 0.1) is 17.1 Å². The van der Waals surface area contributed by atoms with E-state index < -0.39 is 21.9 Å². The molecule has 5 N–H and O–H groups in total. The van der Waals surface area contributed by atoms with E-state index in [0.29, 0.717) is 0 Å². The number of halogens is 1. The first kappa shape index (κ1) is 15.4. The number of nitrogens with two attached hydrogens (primary N) is 1. The van der Waals surface area contributed by atoms with E-state index in [9.17, 15) is 12.8 Å². The minimum atomic E-state index is -3.82. The van der Waals surface area contributed by atoms with E-state index in [-0.39, 0.29) is 23.7 Å². The maximum atomic E-state index is 13.5. The molecular weight excluding hydrogens is 271 g/mol. The maximum absolute atomic E-state index is 13.5. The fourth-order valence-corrected chi connectivity index (χ4v) is 2.42. The SMILES string of the molecule is CC(C)CNS(=O)(=O)Nc1cccc(F)c1C(=N)N. The van der Waals surface area contributed by atoms with Crippen molar-refractivity contribution in [1.29, 1.82) is 5.41 Å². The second-order valence-electron chi connectivity index (χ2n) is 4.42. The molecule has 106 valence electrons. The van der Waals surface area contributed by atoms with Gasteiger partial charge >= 0.3 is 0 Å². The average Bonchev–Trinajstić information content (AvgIpc) is 2.25. The van der Waals surface area contributed by atoms with E-state index in [0.717, 1.165) is 6.07 Å². The lowest BCUT2D eigenvalue weighted by Crippen LogP contribution is -2.33. The van der Waals surface area contributed by atoms with E-state index >= 15 is 0 Å². The van der Waals surface area contributed by atoms with Gasteiger partial charge in [-0.25, -0.2) is 4.39 Å². The van der Waals surface area contributed by atoms with Crippen molar-refractivity contribution in [2.45, 2.75) is 13.8 Å². The molecule has 0 aliphatic rings. The zero-order valence-corrected chi connectivity index (χ0v) is 11.5. The number of anilines is 1. The lowest BCUT2D eigenvalue weighted by atomic mass is 10.1. The van der Waals surface area contributed by atoms with Crippen molar-refractivity contribution in [1.82, 2.24) is 4.72 Å². The molecule has 0 saturated heterocycles. The van der Waals surface area contributed by atoms with Crippen molar-refractivity contribution >= 4 is 21.7 Å². The van der Waals surface area contributed by atoms with Crippen molar-refractivity contribution in [3.05, 3.63) is 29.6 Å². The van der Waals surface area contributed by atoms with Crippen LogP contribution in [0.25, 0.3) is 0 Å². The Kier molecular flexibility index (Phi) is 4.84. The molecule has 1 aromatic carbocycles. The Balaban J connectivity index is 3.00. The summed E-state index contributed by atoms with van der Waals surface area (Å²) in [4.78, 5) is 0. The van der Waals surface area contributed by atoms with Crippen LogP contribution in [0.2, 0.25) is 0 Å². The fraction of sp³-hybridized carbons (Fsp3) is 0.364. The molecule has 1 aromatic rings. The van der Waals surface area contributed by atoms with E-state index in [4.69, 9.17) is 11.1 Å². The van der Waals surface area contributed by atoms with Crippen LogP contribution in [0.1, 0.15) is 19.4 Å². The lowest BCUT2D eigenvalue weighted by Gasteiger charge is -2.13. The van der Waals surface area contributed by atoms with Gasteiger partial charge in [0.15, 0.2) is 0 Å². The van der Waals surface area contributed by atoms with Crippen LogP contribution in [0.3, 0.4) is 0 Å². The van der Waals surface area contributed by atoms with Crippen molar-refractivity contribution in [2.75, 3.05) is 11.3 Å². The van der Waals surface area contributed by atoms with Crippen molar-refractivity contribution in [3.8, 4) is 0 Å². The lowest BCUT2D eigenvalue weighted by molar-refractivity contribution is 0.565. The third kappa shape index (κ3) is 4.49. The zero-order chi connectivity index (χ0) is 14.6. The third-order valence-electron chi connectivity index (χ3n) is 2.21. The summed E-state index contributed by atoms with van der Waals surface area (Å²) >= 11 is 0. The van der Waals surface area contributed by atoms with Gasteiger partial charge in [-0.2, -0.15) is 13.1 Å². The second kappa shape index (κ2) is 5.98. The van der Waals surface area contributed by atoms with Gasteiger partial charge < -0.3 is 5.73 Å². The summed E-state index contributed by atoms with van der Waals surface area (Å²) in [5.74, 6) is -1.16. The molecule has 0 aliphatic heterocycles. The van der Waals surface area contributed by atoms with Gasteiger partial charge in [-0.3, -0.25) is 10.1 Å². The molecule has 6 nitrogen and oxygen atoms in total. The van der Waals surface area contributed by atoms with Crippen LogP contribution in [-0.2, 0) is 10.2 Å². The largest absolute Gasteiger partial charge is 0.384 e. The smallest absolute Gasteiger partial charge is 0.299 e. The Morgan fingerprint density at radius 1 is 1.47 bits per heavy atom.